The second-order valence-corrected chi connectivity index (χ2v) is 5.65. The number of nitrogens with zero attached hydrogens (tertiary/aromatic N) is 2. The predicted octanol–water partition coefficient (Wildman–Crippen LogP) is 1.94. The Morgan fingerprint density at radius 3 is 2.76 bits per heavy atom. The van der Waals surface area contributed by atoms with Gasteiger partial charge in [0.05, 0.1) is 10.5 Å². The van der Waals surface area contributed by atoms with E-state index in [9.17, 15) is 20.0 Å². The van der Waals surface area contributed by atoms with Gasteiger partial charge in [-0.1, -0.05) is 0 Å². The number of carboxylic acids is 1. The van der Waals surface area contributed by atoms with Crippen molar-refractivity contribution < 1.29 is 14.8 Å². The first-order chi connectivity index (χ1) is 10.0. The fraction of sp³-hybridized carbons (Fsp3) is 0.500. The van der Waals surface area contributed by atoms with Crippen molar-refractivity contribution in [2.75, 3.05) is 18.4 Å². The molecule has 1 aliphatic heterocycles. The molecule has 1 saturated carbocycles. The van der Waals surface area contributed by atoms with E-state index in [0.717, 1.165) is 25.6 Å². The third-order valence-corrected chi connectivity index (χ3v) is 4.09. The first-order valence-electron chi connectivity index (χ1n) is 7.07. The van der Waals surface area contributed by atoms with Crippen LogP contribution in [0.5, 0.6) is 0 Å². The maximum Gasteiger partial charge on any atom is 0.338 e. The van der Waals surface area contributed by atoms with Gasteiger partial charge in [-0.05, 0) is 25.3 Å². The van der Waals surface area contributed by atoms with Gasteiger partial charge in [0.1, 0.15) is 0 Å². The number of likely N-dealkylation sites (tertiary alicyclic amines) is 1. The number of nitro groups is 1. The molecule has 0 spiro atoms. The van der Waals surface area contributed by atoms with Crippen molar-refractivity contribution in [3.63, 3.8) is 0 Å². The Morgan fingerprint density at radius 1 is 1.38 bits per heavy atom. The molecule has 0 aromatic heterocycles. The van der Waals surface area contributed by atoms with Crippen LogP contribution in [0.3, 0.4) is 0 Å². The second kappa shape index (κ2) is 5.33. The van der Waals surface area contributed by atoms with Crippen molar-refractivity contribution in [3.8, 4) is 0 Å². The highest BCUT2D eigenvalue weighted by atomic mass is 16.6. The number of hydrogen-bond acceptors (Lipinski definition) is 5. The third-order valence-electron chi connectivity index (χ3n) is 4.09. The van der Waals surface area contributed by atoms with Gasteiger partial charge in [-0.15, -0.1) is 0 Å². The fourth-order valence-corrected chi connectivity index (χ4v) is 2.84. The number of aromatic carboxylic acids is 1. The highest BCUT2D eigenvalue weighted by Crippen LogP contribution is 2.31. The standard InChI is InChI=1S/C14H17N3O4/c18-14(19)12-7-11(17(20)21)3-4-13(12)15-9-5-6-16(8-9)10-1-2-10/h3-4,7,9-10,15H,1-2,5-6,8H2,(H,18,19). The molecule has 1 unspecified atom stereocenters. The van der Waals surface area contributed by atoms with Crippen molar-refractivity contribution in [1.82, 2.24) is 4.90 Å². The number of non-ortho nitro benzene ring substituents is 1. The summed E-state index contributed by atoms with van der Waals surface area (Å²) in [5.41, 5.74) is 0.203. The van der Waals surface area contributed by atoms with Crippen LogP contribution in [-0.2, 0) is 0 Å². The molecule has 112 valence electrons. The van der Waals surface area contributed by atoms with Crippen LogP contribution < -0.4 is 5.32 Å². The molecule has 1 atom stereocenters. The van der Waals surface area contributed by atoms with Gasteiger partial charge in [0.15, 0.2) is 0 Å². The molecular weight excluding hydrogens is 274 g/mol. The second-order valence-electron chi connectivity index (χ2n) is 5.65. The first-order valence-corrected chi connectivity index (χ1v) is 7.07. The summed E-state index contributed by atoms with van der Waals surface area (Å²) in [5.74, 6) is -1.15. The van der Waals surface area contributed by atoms with E-state index in [-0.39, 0.29) is 17.3 Å². The van der Waals surface area contributed by atoms with Crippen molar-refractivity contribution in [1.29, 1.82) is 0 Å². The number of carbonyl (C=O) groups is 1. The molecule has 1 aromatic rings. The maximum atomic E-state index is 11.3. The van der Waals surface area contributed by atoms with Gasteiger partial charge in [-0.3, -0.25) is 15.0 Å². The number of nitro benzene ring substituents is 1. The smallest absolute Gasteiger partial charge is 0.338 e. The molecule has 2 fully saturated rings. The number of anilines is 1. The third kappa shape index (κ3) is 2.97. The Kier molecular flexibility index (Phi) is 3.50. The lowest BCUT2D eigenvalue weighted by molar-refractivity contribution is -0.384. The molecular formula is C14H17N3O4. The predicted molar refractivity (Wildman–Crippen MR) is 76.7 cm³/mol. The first kappa shape index (κ1) is 13.8. The lowest BCUT2D eigenvalue weighted by Gasteiger charge is -2.17. The molecule has 2 aliphatic rings. The Bertz CT molecular complexity index is 586. The Hall–Kier alpha value is -2.15. The molecule has 7 heteroatoms. The Labute approximate surface area is 121 Å². The summed E-state index contributed by atoms with van der Waals surface area (Å²) in [4.78, 5) is 23.9. The van der Waals surface area contributed by atoms with Gasteiger partial charge in [0.25, 0.3) is 5.69 Å². The summed E-state index contributed by atoms with van der Waals surface area (Å²) in [5, 5.41) is 23.2. The summed E-state index contributed by atoms with van der Waals surface area (Å²) in [6.45, 7) is 1.93. The number of hydrogen-bond donors (Lipinski definition) is 2. The van der Waals surface area contributed by atoms with Gasteiger partial charge in [0.2, 0.25) is 0 Å². The zero-order chi connectivity index (χ0) is 15.0. The van der Waals surface area contributed by atoms with Crippen molar-refractivity contribution >= 4 is 17.3 Å². The highest BCUT2D eigenvalue weighted by Gasteiger charge is 2.34. The highest BCUT2D eigenvalue weighted by molar-refractivity contribution is 5.95. The topological polar surface area (TPSA) is 95.7 Å². The SMILES string of the molecule is O=C(O)c1cc([N+](=O)[O-])ccc1NC1CCN(C2CC2)C1. The molecule has 2 N–H and O–H groups in total. The van der Waals surface area contributed by atoms with Crippen LogP contribution in [0.25, 0.3) is 0 Å². The van der Waals surface area contributed by atoms with E-state index < -0.39 is 10.9 Å². The summed E-state index contributed by atoms with van der Waals surface area (Å²) in [6.07, 6.45) is 3.47. The van der Waals surface area contributed by atoms with Crippen molar-refractivity contribution in [2.45, 2.75) is 31.3 Å². The molecule has 1 aromatic carbocycles. The van der Waals surface area contributed by atoms with E-state index in [1.165, 1.54) is 25.0 Å². The average Bonchev–Trinajstić information content (AvgIpc) is 3.19. The molecule has 1 saturated heterocycles. The maximum absolute atomic E-state index is 11.3. The molecule has 0 amide bonds. The number of rotatable bonds is 5. The van der Waals surface area contributed by atoms with Gasteiger partial charge >= 0.3 is 5.97 Å². The lowest BCUT2D eigenvalue weighted by Crippen LogP contribution is -2.28. The number of benzene rings is 1. The summed E-state index contributed by atoms with van der Waals surface area (Å²) in [7, 11) is 0. The molecule has 1 aliphatic carbocycles. The number of carboxylic acid groups (broad SMARTS) is 1. The molecule has 1 heterocycles. The zero-order valence-electron chi connectivity index (χ0n) is 11.5. The lowest BCUT2D eigenvalue weighted by atomic mass is 10.1. The van der Waals surface area contributed by atoms with Crippen molar-refractivity contribution in [2.24, 2.45) is 0 Å². The van der Waals surface area contributed by atoms with Crippen molar-refractivity contribution in [3.05, 3.63) is 33.9 Å². The van der Waals surface area contributed by atoms with Gasteiger partial charge in [-0.2, -0.15) is 0 Å². The van der Waals surface area contributed by atoms with Gasteiger partial charge in [0, 0.05) is 43.0 Å². The minimum atomic E-state index is -1.15. The van der Waals surface area contributed by atoms with Crippen LogP contribution >= 0.6 is 0 Å². The van der Waals surface area contributed by atoms with Gasteiger partial charge < -0.3 is 10.4 Å². The van der Waals surface area contributed by atoms with Crippen LogP contribution in [-0.4, -0.2) is 46.1 Å². The Morgan fingerprint density at radius 2 is 2.14 bits per heavy atom. The molecule has 3 rings (SSSR count). The summed E-state index contributed by atoms with van der Waals surface area (Å²) < 4.78 is 0. The van der Waals surface area contributed by atoms with Crippen LogP contribution in [0.15, 0.2) is 18.2 Å². The van der Waals surface area contributed by atoms with Crippen LogP contribution in [0.1, 0.15) is 29.6 Å². The van der Waals surface area contributed by atoms with E-state index >= 15 is 0 Å². The van der Waals surface area contributed by atoms with Crippen LogP contribution in [0.2, 0.25) is 0 Å². The largest absolute Gasteiger partial charge is 0.478 e. The van der Waals surface area contributed by atoms with Crippen LogP contribution in [0, 0.1) is 10.1 Å². The Balaban J connectivity index is 1.75. The quantitative estimate of drug-likeness (QED) is 0.636. The van der Waals surface area contributed by atoms with E-state index in [4.69, 9.17) is 0 Å². The molecule has 7 nitrogen and oxygen atoms in total. The molecule has 21 heavy (non-hydrogen) atoms. The van der Waals surface area contributed by atoms with E-state index in [1.54, 1.807) is 0 Å². The van der Waals surface area contributed by atoms with Gasteiger partial charge in [-0.25, -0.2) is 4.79 Å². The normalized spacial score (nSPS) is 22.2. The van der Waals surface area contributed by atoms with Crippen LogP contribution in [0.4, 0.5) is 11.4 Å². The van der Waals surface area contributed by atoms with E-state index in [1.807, 2.05) is 0 Å². The molecule has 0 radical (unpaired) electrons. The number of nitrogens with one attached hydrogen (secondary N) is 1. The minimum Gasteiger partial charge on any atom is -0.478 e. The minimum absolute atomic E-state index is 0.0472. The van der Waals surface area contributed by atoms with E-state index in [2.05, 4.69) is 10.2 Å². The summed E-state index contributed by atoms with van der Waals surface area (Å²) >= 11 is 0. The van der Waals surface area contributed by atoms with E-state index in [0.29, 0.717) is 11.7 Å². The fourth-order valence-electron chi connectivity index (χ4n) is 2.84. The summed E-state index contributed by atoms with van der Waals surface area (Å²) in [6, 6.07) is 4.83. The monoisotopic (exact) mass is 291 g/mol. The average molecular weight is 291 g/mol. The molecule has 0 bridgehead atoms. The zero-order valence-corrected chi connectivity index (χ0v) is 11.5.